The van der Waals surface area contributed by atoms with E-state index >= 15 is 0 Å². The van der Waals surface area contributed by atoms with Crippen LogP contribution >= 0.6 is 0 Å². The third-order valence-corrected chi connectivity index (χ3v) is 2.30. The number of nitrogen functional groups attached to an aromatic ring is 1. The molecule has 0 aliphatic carbocycles. The minimum atomic E-state index is 0.261. The van der Waals surface area contributed by atoms with Gasteiger partial charge < -0.3 is 20.5 Å². The van der Waals surface area contributed by atoms with Crippen molar-refractivity contribution >= 4 is 17.3 Å². The van der Waals surface area contributed by atoms with Gasteiger partial charge in [-0.2, -0.15) is 0 Å². The lowest BCUT2D eigenvalue weighted by molar-refractivity contribution is 0.174. The quantitative estimate of drug-likeness (QED) is 0.814. The summed E-state index contributed by atoms with van der Waals surface area (Å²) in [4.78, 5) is 8.04. The molecule has 1 aliphatic heterocycles. The molecule has 0 saturated heterocycles. The Balaban J connectivity index is 1.86. The average molecular weight is 230 g/mol. The van der Waals surface area contributed by atoms with Gasteiger partial charge in [0.1, 0.15) is 5.82 Å². The molecule has 0 fully saturated rings. The predicted molar refractivity (Wildman–Crippen MR) is 62.3 cm³/mol. The molecule has 0 saturated carbocycles. The number of fused-ring (bicyclic) bond motifs is 1. The first-order valence-corrected chi connectivity index (χ1v) is 5.05. The first kappa shape index (κ1) is 9.71. The van der Waals surface area contributed by atoms with Crippen molar-refractivity contribution in [3.8, 4) is 11.5 Å². The minimum absolute atomic E-state index is 0.261. The van der Waals surface area contributed by atoms with Gasteiger partial charge in [0.25, 0.3) is 0 Å². The molecule has 0 radical (unpaired) electrons. The van der Waals surface area contributed by atoms with Crippen LogP contribution in [0.25, 0.3) is 0 Å². The maximum Gasteiger partial charge on any atom is 0.231 e. The van der Waals surface area contributed by atoms with E-state index in [-0.39, 0.29) is 6.79 Å². The first-order valence-electron chi connectivity index (χ1n) is 5.05. The van der Waals surface area contributed by atoms with Crippen molar-refractivity contribution < 1.29 is 9.47 Å². The summed E-state index contributed by atoms with van der Waals surface area (Å²) in [5, 5.41) is 3.09. The van der Waals surface area contributed by atoms with E-state index in [2.05, 4.69) is 15.3 Å². The van der Waals surface area contributed by atoms with Gasteiger partial charge in [0, 0.05) is 11.8 Å². The highest BCUT2D eigenvalue weighted by molar-refractivity contribution is 5.61. The van der Waals surface area contributed by atoms with Gasteiger partial charge in [0.2, 0.25) is 6.79 Å². The molecule has 17 heavy (non-hydrogen) atoms. The summed E-state index contributed by atoms with van der Waals surface area (Å²) in [5.74, 6) is 2.42. The Labute approximate surface area is 97.4 Å². The molecule has 3 rings (SSSR count). The van der Waals surface area contributed by atoms with E-state index in [1.54, 1.807) is 6.20 Å². The first-order chi connectivity index (χ1) is 8.31. The van der Waals surface area contributed by atoms with Gasteiger partial charge in [0.05, 0.1) is 12.4 Å². The van der Waals surface area contributed by atoms with Crippen LogP contribution in [0.4, 0.5) is 17.3 Å². The fraction of sp³-hybridized carbons (Fsp3) is 0.0909. The topological polar surface area (TPSA) is 82.3 Å². The number of anilines is 3. The van der Waals surface area contributed by atoms with E-state index in [4.69, 9.17) is 15.2 Å². The lowest BCUT2D eigenvalue weighted by Gasteiger charge is -2.06. The van der Waals surface area contributed by atoms with Crippen LogP contribution in [0, 0.1) is 0 Å². The van der Waals surface area contributed by atoms with Gasteiger partial charge in [-0.15, -0.1) is 0 Å². The molecule has 1 aromatic carbocycles. The van der Waals surface area contributed by atoms with Crippen LogP contribution in [-0.4, -0.2) is 16.8 Å². The fourth-order valence-electron chi connectivity index (χ4n) is 1.56. The number of nitrogens with one attached hydrogen (secondary N) is 1. The van der Waals surface area contributed by atoms with E-state index in [1.807, 2.05) is 18.2 Å². The number of nitrogens with zero attached hydrogens (tertiary/aromatic N) is 2. The fourth-order valence-corrected chi connectivity index (χ4v) is 1.56. The van der Waals surface area contributed by atoms with Crippen LogP contribution in [0.3, 0.4) is 0 Å². The number of benzene rings is 1. The molecule has 3 N–H and O–H groups in total. The molecule has 2 heterocycles. The molecule has 0 bridgehead atoms. The largest absolute Gasteiger partial charge is 0.454 e. The van der Waals surface area contributed by atoms with Gasteiger partial charge in [-0.05, 0) is 12.1 Å². The molecule has 0 amide bonds. The summed E-state index contributed by atoms with van der Waals surface area (Å²) in [7, 11) is 0. The highest BCUT2D eigenvalue weighted by Gasteiger charge is 2.13. The maximum absolute atomic E-state index is 5.54. The molecule has 2 aromatic rings. The van der Waals surface area contributed by atoms with Crippen molar-refractivity contribution in [2.24, 2.45) is 0 Å². The van der Waals surface area contributed by atoms with Crippen LogP contribution in [0.5, 0.6) is 11.5 Å². The Kier molecular flexibility index (Phi) is 2.18. The molecule has 0 unspecified atom stereocenters. The third kappa shape index (κ3) is 1.92. The Morgan fingerprint density at radius 2 is 2.06 bits per heavy atom. The van der Waals surface area contributed by atoms with Gasteiger partial charge in [0.15, 0.2) is 17.3 Å². The number of aromatic nitrogens is 2. The van der Waals surface area contributed by atoms with E-state index in [9.17, 15) is 0 Å². The standard InChI is InChI=1S/C11H10N4O2/c12-10-4-13-5-11(15-10)14-7-1-2-8-9(3-7)17-6-16-8/h1-5H,6H2,(H3,12,14,15). The number of ether oxygens (including phenoxy) is 2. The second kappa shape index (κ2) is 3.82. The molecule has 0 atom stereocenters. The number of hydrogen-bond donors (Lipinski definition) is 2. The monoisotopic (exact) mass is 230 g/mol. The highest BCUT2D eigenvalue weighted by atomic mass is 16.7. The summed E-state index contributed by atoms with van der Waals surface area (Å²) in [6.45, 7) is 0.261. The van der Waals surface area contributed by atoms with Gasteiger partial charge in [-0.1, -0.05) is 0 Å². The van der Waals surface area contributed by atoms with E-state index < -0.39 is 0 Å². The molecule has 6 heteroatoms. The second-order valence-corrected chi connectivity index (χ2v) is 3.52. The highest BCUT2D eigenvalue weighted by Crippen LogP contribution is 2.34. The van der Waals surface area contributed by atoms with Crippen molar-refractivity contribution in [1.82, 2.24) is 9.97 Å². The summed E-state index contributed by atoms with van der Waals surface area (Å²) in [6, 6.07) is 5.55. The molecule has 86 valence electrons. The van der Waals surface area contributed by atoms with Gasteiger partial charge in [-0.25, -0.2) is 4.98 Å². The average Bonchev–Trinajstić information content (AvgIpc) is 2.76. The Hall–Kier alpha value is -2.50. The lowest BCUT2D eigenvalue weighted by atomic mass is 10.3. The molecular weight excluding hydrogens is 220 g/mol. The Bertz CT molecular complexity index is 559. The summed E-state index contributed by atoms with van der Waals surface area (Å²) in [6.07, 6.45) is 3.09. The van der Waals surface area contributed by atoms with Crippen molar-refractivity contribution in [1.29, 1.82) is 0 Å². The number of rotatable bonds is 2. The minimum Gasteiger partial charge on any atom is -0.454 e. The molecule has 6 nitrogen and oxygen atoms in total. The van der Waals surface area contributed by atoms with Crippen molar-refractivity contribution in [3.63, 3.8) is 0 Å². The summed E-state index contributed by atoms with van der Waals surface area (Å²) >= 11 is 0. The SMILES string of the molecule is Nc1cncc(Nc2ccc3c(c2)OCO3)n1. The van der Waals surface area contributed by atoms with Gasteiger partial charge >= 0.3 is 0 Å². The molecule has 1 aliphatic rings. The van der Waals surface area contributed by atoms with Crippen LogP contribution in [0.2, 0.25) is 0 Å². The zero-order valence-corrected chi connectivity index (χ0v) is 8.88. The smallest absolute Gasteiger partial charge is 0.231 e. The predicted octanol–water partition coefficient (Wildman–Crippen LogP) is 1.53. The van der Waals surface area contributed by atoms with E-state index in [0.717, 1.165) is 11.4 Å². The van der Waals surface area contributed by atoms with Crippen molar-refractivity contribution in [3.05, 3.63) is 30.6 Å². The maximum atomic E-state index is 5.54. The Morgan fingerprint density at radius 1 is 1.18 bits per heavy atom. The van der Waals surface area contributed by atoms with Crippen molar-refractivity contribution in [2.45, 2.75) is 0 Å². The molecule has 1 aromatic heterocycles. The number of nitrogens with two attached hydrogens (primary N) is 1. The zero-order chi connectivity index (χ0) is 11.7. The summed E-state index contributed by atoms with van der Waals surface area (Å²) < 4.78 is 10.5. The van der Waals surface area contributed by atoms with Crippen molar-refractivity contribution in [2.75, 3.05) is 17.8 Å². The van der Waals surface area contributed by atoms with Crippen LogP contribution in [0.1, 0.15) is 0 Å². The summed E-state index contributed by atoms with van der Waals surface area (Å²) in [5.41, 5.74) is 6.39. The van der Waals surface area contributed by atoms with E-state index in [1.165, 1.54) is 6.20 Å². The molecular formula is C11H10N4O2. The Morgan fingerprint density at radius 3 is 2.94 bits per heavy atom. The third-order valence-electron chi connectivity index (χ3n) is 2.30. The van der Waals surface area contributed by atoms with Crippen LogP contribution < -0.4 is 20.5 Å². The van der Waals surface area contributed by atoms with E-state index in [0.29, 0.717) is 17.4 Å². The zero-order valence-electron chi connectivity index (χ0n) is 8.88. The number of hydrogen-bond acceptors (Lipinski definition) is 6. The second-order valence-electron chi connectivity index (χ2n) is 3.52. The normalized spacial score (nSPS) is 12.5. The van der Waals surface area contributed by atoms with Crippen LogP contribution in [0.15, 0.2) is 30.6 Å². The molecule has 0 spiro atoms. The lowest BCUT2D eigenvalue weighted by Crippen LogP contribution is -1.98. The van der Waals surface area contributed by atoms with Crippen LogP contribution in [-0.2, 0) is 0 Å². The van der Waals surface area contributed by atoms with Gasteiger partial charge in [-0.3, -0.25) is 4.98 Å².